The first kappa shape index (κ1) is 9.98. The van der Waals surface area contributed by atoms with E-state index in [1.165, 1.54) is 0 Å². The molecule has 0 aromatic rings. The molecule has 0 saturated carbocycles. The van der Waals surface area contributed by atoms with Gasteiger partial charge in [0, 0.05) is 25.9 Å². The van der Waals surface area contributed by atoms with Crippen LogP contribution in [-0.2, 0) is 9.59 Å². The van der Waals surface area contributed by atoms with E-state index in [1.54, 1.807) is 4.90 Å². The molecular weight excluding hydrogens is 174 g/mol. The lowest BCUT2D eigenvalue weighted by Gasteiger charge is -2.15. The third kappa shape index (κ3) is 2.69. The average Bonchev–Trinajstić information content (AvgIpc) is 2.47. The molecule has 0 aromatic carbocycles. The summed E-state index contributed by atoms with van der Waals surface area (Å²) in [6.07, 6.45) is 0.139. The van der Waals surface area contributed by atoms with E-state index in [2.05, 4.69) is 0 Å². The zero-order chi connectivity index (χ0) is 9.84. The molecular formula is C8H13NO4. The molecule has 0 aromatic heterocycles. The van der Waals surface area contributed by atoms with Gasteiger partial charge in [-0.15, -0.1) is 0 Å². The van der Waals surface area contributed by atoms with Crippen molar-refractivity contribution in [2.75, 3.05) is 13.1 Å². The molecule has 0 bridgehead atoms. The van der Waals surface area contributed by atoms with Crippen molar-refractivity contribution in [2.45, 2.75) is 25.4 Å². The summed E-state index contributed by atoms with van der Waals surface area (Å²) in [5.74, 6) is -1.18. The molecule has 0 spiro atoms. The van der Waals surface area contributed by atoms with Crippen molar-refractivity contribution in [1.82, 2.24) is 4.90 Å². The zero-order valence-electron chi connectivity index (χ0n) is 7.27. The summed E-state index contributed by atoms with van der Waals surface area (Å²) in [5.41, 5.74) is 0. The first-order valence-corrected chi connectivity index (χ1v) is 4.30. The number of nitrogens with zero attached hydrogens (tertiary/aromatic N) is 1. The Labute approximate surface area is 76.0 Å². The Hall–Kier alpha value is -1.10. The number of amides is 1. The van der Waals surface area contributed by atoms with Gasteiger partial charge in [-0.3, -0.25) is 4.79 Å². The SMILES string of the molecule is O=C(O)C(O)CCN1CCCC1=O. The molecule has 1 amide bonds. The highest BCUT2D eigenvalue weighted by Gasteiger charge is 2.22. The molecule has 1 atom stereocenters. The van der Waals surface area contributed by atoms with Gasteiger partial charge in [0.2, 0.25) is 5.91 Å². The number of hydrogen-bond acceptors (Lipinski definition) is 3. The molecule has 0 radical (unpaired) electrons. The molecule has 0 aliphatic carbocycles. The second-order valence-corrected chi connectivity index (χ2v) is 3.13. The number of likely N-dealkylation sites (tertiary alicyclic amines) is 1. The lowest BCUT2D eigenvalue weighted by atomic mass is 10.2. The third-order valence-corrected chi connectivity index (χ3v) is 2.13. The third-order valence-electron chi connectivity index (χ3n) is 2.13. The number of carboxylic acids is 1. The van der Waals surface area contributed by atoms with Gasteiger partial charge >= 0.3 is 5.97 Å². The van der Waals surface area contributed by atoms with Crippen LogP contribution in [0.25, 0.3) is 0 Å². The number of rotatable bonds is 4. The van der Waals surface area contributed by atoms with E-state index in [9.17, 15) is 9.59 Å². The standard InChI is InChI=1S/C8H13NO4/c10-6(8(12)13)3-5-9-4-1-2-7(9)11/h6,10H,1-5H2,(H,12,13). The fourth-order valence-corrected chi connectivity index (χ4v) is 1.34. The summed E-state index contributed by atoms with van der Waals surface area (Å²) in [4.78, 5) is 22.9. The highest BCUT2D eigenvalue weighted by Crippen LogP contribution is 2.10. The van der Waals surface area contributed by atoms with Crippen LogP contribution in [0.15, 0.2) is 0 Å². The lowest BCUT2D eigenvalue weighted by molar-refractivity contribution is -0.147. The molecule has 1 rings (SSSR count). The largest absolute Gasteiger partial charge is 0.479 e. The van der Waals surface area contributed by atoms with E-state index in [0.717, 1.165) is 6.42 Å². The van der Waals surface area contributed by atoms with Crippen LogP contribution in [0.2, 0.25) is 0 Å². The van der Waals surface area contributed by atoms with Gasteiger partial charge in [-0.25, -0.2) is 4.79 Å². The van der Waals surface area contributed by atoms with Crippen LogP contribution in [0, 0.1) is 0 Å². The van der Waals surface area contributed by atoms with Gasteiger partial charge in [-0.2, -0.15) is 0 Å². The molecule has 5 heteroatoms. The molecule has 13 heavy (non-hydrogen) atoms. The van der Waals surface area contributed by atoms with E-state index in [-0.39, 0.29) is 12.3 Å². The number of aliphatic carboxylic acids is 1. The van der Waals surface area contributed by atoms with Gasteiger partial charge in [0.05, 0.1) is 0 Å². The van der Waals surface area contributed by atoms with E-state index in [0.29, 0.717) is 19.5 Å². The Kier molecular flexibility index (Phi) is 3.25. The van der Waals surface area contributed by atoms with Crippen molar-refractivity contribution in [3.8, 4) is 0 Å². The molecule has 1 aliphatic rings. The van der Waals surface area contributed by atoms with E-state index in [4.69, 9.17) is 10.2 Å². The van der Waals surface area contributed by atoms with Crippen LogP contribution < -0.4 is 0 Å². The van der Waals surface area contributed by atoms with Crippen LogP contribution in [-0.4, -0.2) is 46.2 Å². The van der Waals surface area contributed by atoms with Crippen LogP contribution in [0.5, 0.6) is 0 Å². The zero-order valence-corrected chi connectivity index (χ0v) is 7.27. The normalized spacial score (nSPS) is 19.2. The maximum absolute atomic E-state index is 11.1. The highest BCUT2D eigenvalue weighted by molar-refractivity contribution is 5.78. The van der Waals surface area contributed by atoms with Gasteiger partial charge in [-0.1, -0.05) is 0 Å². The Morgan fingerprint density at radius 3 is 2.77 bits per heavy atom. The van der Waals surface area contributed by atoms with Crippen molar-refractivity contribution in [3.63, 3.8) is 0 Å². The van der Waals surface area contributed by atoms with Gasteiger partial charge in [0.25, 0.3) is 0 Å². The Morgan fingerprint density at radius 1 is 1.62 bits per heavy atom. The number of aliphatic hydroxyl groups is 1. The second kappa shape index (κ2) is 4.23. The summed E-state index contributed by atoms with van der Waals surface area (Å²) in [6, 6.07) is 0. The molecule has 5 nitrogen and oxygen atoms in total. The number of aliphatic hydroxyl groups excluding tert-OH is 1. The minimum absolute atomic E-state index is 0.0533. The van der Waals surface area contributed by atoms with Crippen molar-refractivity contribution in [2.24, 2.45) is 0 Å². The van der Waals surface area contributed by atoms with Crippen molar-refractivity contribution in [3.05, 3.63) is 0 Å². The quantitative estimate of drug-likeness (QED) is 0.618. The van der Waals surface area contributed by atoms with Crippen LogP contribution >= 0.6 is 0 Å². The van der Waals surface area contributed by atoms with E-state index < -0.39 is 12.1 Å². The molecule has 1 aliphatic heterocycles. The summed E-state index contributed by atoms with van der Waals surface area (Å²) in [7, 11) is 0. The van der Waals surface area contributed by atoms with Crippen molar-refractivity contribution in [1.29, 1.82) is 0 Å². The Morgan fingerprint density at radius 2 is 2.31 bits per heavy atom. The molecule has 1 heterocycles. The number of carboxylic acid groups (broad SMARTS) is 1. The van der Waals surface area contributed by atoms with Crippen LogP contribution in [0.4, 0.5) is 0 Å². The van der Waals surface area contributed by atoms with Crippen LogP contribution in [0.3, 0.4) is 0 Å². The van der Waals surface area contributed by atoms with Gasteiger partial charge in [0.15, 0.2) is 6.10 Å². The molecule has 1 unspecified atom stereocenters. The van der Waals surface area contributed by atoms with Crippen LogP contribution in [0.1, 0.15) is 19.3 Å². The minimum Gasteiger partial charge on any atom is -0.479 e. The first-order chi connectivity index (χ1) is 6.11. The number of hydrogen-bond donors (Lipinski definition) is 2. The first-order valence-electron chi connectivity index (χ1n) is 4.30. The molecule has 1 fully saturated rings. The summed E-state index contributed by atoms with van der Waals surface area (Å²) < 4.78 is 0. The summed E-state index contributed by atoms with van der Waals surface area (Å²) in [5, 5.41) is 17.3. The average molecular weight is 187 g/mol. The predicted octanol–water partition coefficient (Wildman–Crippen LogP) is -0.556. The topological polar surface area (TPSA) is 77.8 Å². The monoisotopic (exact) mass is 187 g/mol. The van der Waals surface area contributed by atoms with Crippen molar-refractivity contribution < 1.29 is 19.8 Å². The smallest absolute Gasteiger partial charge is 0.332 e. The second-order valence-electron chi connectivity index (χ2n) is 3.13. The van der Waals surface area contributed by atoms with Crippen molar-refractivity contribution >= 4 is 11.9 Å². The predicted molar refractivity (Wildman–Crippen MR) is 44.1 cm³/mol. The van der Waals surface area contributed by atoms with E-state index in [1.807, 2.05) is 0 Å². The summed E-state index contributed by atoms with van der Waals surface area (Å²) in [6.45, 7) is 1.03. The minimum atomic E-state index is -1.35. The van der Waals surface area contributed by atoms with E-state index >= 15 is 0 Å². The number of carbonyl (C=O) groups excluding carboxylic acids is 1. The highest BCUT2D eigenvalue weighted by atomic mass is 16.4. The molecule has 1 saturated heterocycles. The molecule has 74 valence electrons. The number of carbonyl (C=O) groups is 2. The Bertz CT molecular complexity index is 216. The van der Waals surface area contributed by atoms with Gasteiger partial charge in [0.1, 0.15) is 0 Å². The fraction of sp³-hybridized carbons (Fsp3) is 0.750. The fourth-order valence-electron chi connectivity index (χ4n) is 1.34. The maximum Gasteiger partial charge on any atom is 0.332 e. The summed E-state index contributed by atoms with van der Waals surface area (Å²) >= 11 is 0. The van der Waals surface area contributed by atoms with Gasteiger partial charge < -0.3 is 15.1 Å². The Balaban J connectivity index is 2.25. The maximum atomic E-state index is 11.1. The lowest BCUT2D eigenvalue weighted by Crippen LogP contribution is -2.30. The van der Waals surface area contributed by atoms with Gasteiger partial charge in [-0.05, 0) is 6.42 Å². The molecule has 2 N–H and O–H groups in total.